The molecular weight excluding hydrogens is 340 g/mol. The van der Waals surface area contributed by atoms with E-state index < -0.39 is 0 Å². The molecule has 0 amide bonds. The Labute approximate surface area is 159 Å². The molecule has 0 atom stereocenters. The van der Waals surface area contributed by atoms with Crippen LogP contribution in [0, 0.1) is 6.92 Å². The van der Waals surface area contributed by atoms with Gasteiger partial charge in [-0.05, 0) is 43.3 Å². The van der Waals surface area contributed by atoms with E-state index >= 15 is 0 Å². The number of rotatable bonds is 5. The molecule has 0 radical (unpaired) electrons. The van der Waals surface area contributed by atoms with Crippen LogP contribution in [0.4, 0.5) is 5.69 Å². The maximum absolute atomic E-state index is 5.88. The number of aromatic nitrogens is 2. The van der Waals surface area contributed by atoms with Crippen LogP contribution in [0.3, 0.4) is 0 Å². The van der Waals surface area contributed by atoms with Gasteiger partial charge in [0, 0.05) is 11.3 Å². The fraction of sp³-hybridized carbons (Fsp3) is 0.333. The molecule has 0 saturated carbocycles. The second-order valence-corrected chi connectivity index (χ2v) is 6.98. The number of hydrogen-bond donors (Lipinski definition) is 1. The normalized spacial score (nSPS) is 15.1. The van der Waals surface area contributed by atoms with Gasteiger partial charge in [0.1, 0.15) is 5.75 Å². The van der Waals surface area contributed by atoms with E-state index in [2.05, 4.69) is 46.3 Å². The fourth-order valence-corrected chi connectivity index (χ4v) is 3.40. The Morgan fingerprint density at radius 2 is 1.70 bits per heavy atom. The van der Waals surface area contributed by atoms with E-state index in [9.17, 15) is 0 Å². The van der Waals surface area contributed by atoms with Crippen LogP contribution in [0.2, 0.25) is 0 Å². The molecule has 2 heterocycles. The molecule has 3 aromatic rings. The van der Waals surface area contributed by atoms with Crippen LogP contribution >= 0.6 is 0 Å². The summed E-state index contributed by atoms with van der Waals surface area (Å²) in [5.74, 6) is 2.20. The van der Waals surface area contributed by atoms with Crippen LogP contribution in [0.15, 0.2) is 52.9 Å². The van der Waals surface area contributed by atoms with Gasteiger partial charge < -0.3 is 19.0 Å². The van der Waals surface area contributed by atoms with Gasteiger partial charge in [-0.15, -0.1) is 10.2 Å². The second kappa shape index (κ2) is 7.80. The fourth-order valence-electron chi connectivity index (χ4n) is 3.40. The van der Waals surface area contributed by atoms with Crippen molar-refractivity contribution in [3.05, 3.63) is 60.0 Å². The average molecular weight is 365 g/mol. The molecule has 6 heteroatoms. The third kappa shape index (κ3) is 4.11. The molecule has 4 rings (SSSR count). The van der Waals surface area contributed by atoms with E-state index in [0.717, 1.165) is 44.0 Å². The molecule has 140 valence electrons. The second-order valence-electron chi connectivity index (χ2n) is 6.98. The molecule has 1 saturated heterocycles. The standard InChI is InChI=1S/C21H24N4O2/c1-16-3-5-17(6-4-16)21-23-22-20(27-21)15-24-11-13-25(14-12-24)18-7-9-19(26-2)10-8-18/h3-10H,11-15H2,1-2H3/p+1. The molecule has 0 aliphatic carbocycles. The summed E-state index contributed by atoms with van der Waals surface area (Å²) in [6, 6.07) is 16.4. The van der Waals surface area contributed by atoms with Crippen LogP contribution in [0.25, 0.3) is 11.5 Å². The zero-order valence-corrected chi connectivity index (χ0v) is 15.8. The van der Waals surface area contributed by atoms with E-state index in [4.69, 9.17) is 9.15 Å². The van der Waals surface area contributed by atoms with Gasteiger partial charge in [0.2, 0.25) is 5.89 Å². The number of anilines is 1. The molecule has 1 aliphatic rings. The minimum atomic E-state index is 0.598. The molecule has 0 unspecified atom stereocenters. The minimum absolute atomic E-state index is 0.598. The van der Waals surface area contributed by atoms with Crippen molar-refractivity contribution in [1.82, 2.24) is 10.2 Å². The van der Waals surface area contributed by atoms with Crippen molar-refractivity contribution in [2.75, 3.05) is 38.2 Å². The van der Waals surface area contributed by atoms with Crippen molar-refractivity contribution in [1.29, 1.82) is 0 Å². The summed E-state index contributed by atoms with van der Waals surface area (Å²) in [5.41, 5.74) is 3.44. The highest BCUT2D eigenvalue weighted by Crippen LogP contribution is 2.20. The number of quaternary nitrogens is 1. The number of nitrogens with zero attached hydrogens (tertiary/aromatic N) is 3. The SMILES string of the molecule is COc1ccc(N2CC[NH+](Cc3nnc(-c4ccc(C)cc4)o3)CC2)cc1. The Morgan fingerprint density at radius 1 is 1.00 bits per heavy atom. The largest absolute Gasteiger partial charge is 0.497 e. The molecule has 1 N–H and O–H groups in total. The maximum Gasteiger partial charge on any atom is 0.271 e. The first-order valence-electron chi connectivity index (χ1n) is 9.33. The van der Waals surface area contributed by atoms with Crippen molar-refractivity contribution in [2.45, 2.75) is 13.5 Å². The first-order valence-corrected chi connectivity index (χ1v) is 9.33. The topological polar surface area (TPSA) is 55.8 Å². The molecule has 1 fully saturated rings. The predicted octanol–water partition coefficient (Wildman–Crippen LogP) is 1.96. The summed E-state index contributed by atoms with van der Waals surface area (Å²) < 4.78 is 11.1. The summed E-state index contributed by atoms with van der Waals surface area (Å²) in [5, 5.41) is 8.45. The molecule has 1 aliphatic heterocycles. The van der Waals surface area contributed by atoms with E-state index in [1.54, 1.807) is 7.11 Å². The third-order valence-electron chi connectivity index (χ3n) is 5.07. The van der Waals surface area contributed by atoms with Crippen LogP contribution in [-0.4, -0.2) is 43.5 Å². The van der Waals surface area contributed by atoms with Crippen molar-refractivity contribution in [3.8, 4) is 17.2 Å². The van der Waals surface area contributed by atoms with E-state index in [1.165, 1.54) is 16.2 Å². The van der Waals surface area contributed by atoms with Gasteiger partial charge in [-0.25, -0.2) is 0 Å². The maximum atomic E-state index is 5.88. The lowest BCUT2D eigenvalue weighted by Crippen LogP contribution is -3.13. The molecule has 27 heavy (non-hydrogen) atoms. The smallest absolute Gasteiger partial charge is 0.271 e. The van der Waals surface area contributed by atoms with Crippen LogP contribution in [-0.2, 0) is 6.54 Å². The van der Waals surface area contributed by atoms with Gasteiger partial charge in [0.25, 0.3) is 5.89 Å². The highest BCUT2D eigenvalue weighted by Gasteiger charge is 2.22. The van der Waals surface area contributed by atoms with Crippen molar-refractivity contribution in [3.63, 3.8) is 0 Å². The summed E-state index contributed by atoms with van der Waals surface area (Å²) >= 11 is 0. The number of benzene rings is 2. The van der Waals surface area contributed by atoms with E-state index in [0.29, 0.717) is 11.8 Å². The number of ether oxygens (including phenoxy) is 1. The van der Waals surface area contributed by atoms with E-state index in [-0.39, 0.29) is 0 Å². The third-order valence-corrected chi connectivity index (χ3v) is 5.07. The Hall–Kier alpha value is -2.86. The Balaban J connectivity index is 1.33. The predicted molar refractivity (Wildman–Crippen MR) is 104 cm³/mol. The lowest BCUT2D eigenvalue weighted by molar-refractivity contribution is -0.915. The van der Waals surface area contributed by atoms with Gasteiger partial charge >= 0.3 is 0 Å². The zero-order valence-electron chi connectivity index (χ0n) is 15.8. The van der Waals surface area contributed by atoms with Crippen LogP contribution in [0.1, 0.15) is 11.5 Å². The highest BCUT2D eigenvalue weighted by molar-refractivity contribution is 5.52. The molecule has 1 aromatic heterocycles. The zero-order chi connectivity index (χ0) is 18.6. The molecule has 0 spiro atoms. The van der Waals surface area contributed by atoms with Crippen molar-refractivity contribution >= 4 is 5.69 Å². The number of methoxy groups -OCH3 is 1. The van der Waals surface area contributed by atoms with E-state index in [1.807, 2.05) is 24.3 Å². The quantitative estimate of drug-likeness (QED) is 0.749. The lowest BCUT2D eigenvalue weighted by Gasteiger charge is -2.33. The average Bonchev–Trinajstić information content (AvgIpc) is 3.18. The molecule has 2 aromatic carbocycles. The molecular formula is C21H25N4O2+. The minimum Gasteiger partial charge on any atom is -0.497 e. The van der Waals surface area contributed by atoms with Gasteiger partial charge in [-0.3, -0.25) is 0 Å². The molecule has 0 bridgehead atoms. The summed E-state index contributed by atoms with van der Waals surface area (Å²) in [6.45, 7) is 6.97. The number of aryl methyl sites for hydroxylation is 1. The number of nitrogens with one attached hydrogen (secondary N) is 1. The number of piperazine rings is 1. The summed E-state index contributed by atoms with van der Waals surface area (Å²) in [6.07, 6.45) is 0. The number of hydrogen-bond acceptors (Lipinski definition) is 5. The first-order chi connectivity index (χ1) is 13.2. The van der Waals surface area contributed by atoms with Gasteiger partial charge in [0.05, 0.1) is 33.3 Å². The highest BCUT2D eigenvalue weighted by atomic mass is 16.5. The lowest BCUT2D eigenvalue weighted by atomic mass is 10.1. The first kappa shape index (κ1) is 17.5. The monoisotopic (exact) mass is 365 g/mol. The summed E-state index contributed by atoms with van der Waals surface area (Å²) in [7, 11) is 1.69. The van der Waals surface area contributed by atoms with Crippen molar-refractivity contribution in [2.24, 2.45) is 0 Å². The van der Waals surface area contributed by atoms with Crippen LogP contribution in [0.5, 0.6) is 5.75 Å². The van der Waals surface area contributed by atoms with Gasteiger partial charge in [0.15, 0.2) is 6.54 Å². The Kier molecular flexibility index (Phi) is 5.07. The molecule has 6 nitrogen and oxygen atoms in total. The Morgan fingerprint density at radius 3 is 2.37 bits per heavy atom. The summed E-state index contributed by atoms with van der Waals surface area (Å²) in [4.78, 5) is 3.88. The Bertz CT molecular complexity index is 866. The van der Waals surface area contributed by atoms with Gasteiger partial charge in [-0.1, -0.05) is 17.7 Å². The van der Waals surface area contributed by atoms with Crippen molar-refractivity contribution < 1.29 is 14.1 Å². The van der Waals surface area contributed by atoms with Gasteiger partial charge in [-0.2, -0.15) is 0 Å². The van der Waals surface area contributed by atoms with Crippen LogP contribution < -0.4 is 14.5 Å².